The first-order valence-corrected chi connectivity index (χ1v) is 6.24. The number of carbonyl (C=O) groups is 1. The Morgan fingerprint density at radius 2 is 2.24 bits per heavy atom. The zero-order valence-electron chi connectivity index (χ0n) is 10.2. The number of hydrogen-bond acceptors (Lipinski definition) is 5. The number of amides is 2. The van der Waals surface area contributed by atoms with Crippen molar-refractivity contribution in [3.63, 3.8) is 0 Å². The molecule has 0 bridgehead atoms. The molecule has 0 aliphatic heterocycles. The molecule has 1 rings (SSSR count). The highest BCUT2D eigenvalue weighted by molar-refractivity contribution is 7.15. The Morgan fingerprint density at radius 1 is 1.59 bits per heavy atom. The van der Waals surface area contributed by atoms with Crippen molar-refractivity contribution in [3.8, 4) is 0 Å². The van der Waals surface area contributed by atoms with Gasteiger partial charge in [-0.25, -0.2) is 9.86 Å². The van der Waals surface area contributed by atoms with Crippen LogP contribution in [0.5, 0.6) is 0 Å². The Balaban J connectivity index is 2.73. The molecule has 0 unspecified atom stereocenters. The topological polar surface area (TPSA) is 67.3 Å². The zero-order chi connectivity index (χ0) is 13.1. The summed E-state index contributed by atoms with van der Waals surface area (Å²) in [6.07, 6.45) is 0. The van der Waals surface area contributed by atoms with Gasteiger partial charge in [-0.1, -0.05) is 25.2 Å². The first-order chi connectivity index (χ1) is 7.90. The highest BCUT2D eigenvalue weighted by Crippen LogP contribution is 2.29. The number of carbonyl (C=O) groups excluding carboxylic acids is 1. The smallest absolute Gasteiger partial charge is 0.280 e. The van der Waals surface area contributed by atoms with Crippen molar-refractivity contribution in [2.24, 2.45) is 0 Å². The van der Waals surface area contributed by atoms with E-state index >= 15 is 0 Å². The van der Waals surface area contributed by atoms with Crippen LogP contribution in [0.15, 0.2) is 0 Å². The molecule has 0 radical (unpaired) electrons. The fourth-order valence-electron chi connectivity index (χ4n) is 0.858. The van der Waals surface area contributed by atoms with Crippen molar-refractivity contribution in [2.45, 2.75) is 19.3 Å². The quantitative estimate of drug-likeness (QED) is 0.676. The van der Waals surface area contributed by atoms with Crippen LogP contribution in [-0.4, -0.2) is 41.3 Å². The molecule has 0 fully saturated rings. The van der Waals surface area contributed by atoms with Crippen molar-refractivity contribution >= 4 is 34.1 Å². The van der Waals surface area contributed by atoms with Crippen LogP contribution in [-0.2, 0) is 10.3 Å². The molecule has 17 heavy (non-hydrogen) atoms. The molecule has 0 aliphatic rings. The van der Waals surface area contributed by atoms with Crippen LogP contribution >= 0.6 is 22.9 Å². The highest BCUT2D eigenvalue weighted by Gasteiger charge is 2.25. The minimum atomic E-state index is -0.404. The van der Waals surface area contributed by atoms with E-state index in [9.17, 15) is 4.79 Å². The summed E-state index contributed by atoms with van der Waals surface area (Å²) in [5.41, 5.74) is -0.255. The minimum absolute atomic E-state index is 0.255. The largest absolute Gasteiger partial charge is 0.347 e. The lowest BCUT2D eigenvalue weighted by Gasteiger charge is -2.16. The number of urea groups is 1. The summed E-state index contributed by atoms with van der Waals surface area (Å²) in [5, 5.41) is 12.7. The first kappa shape index (κ1) is 14.1. The van der Waals surface area contributed by atoms with Gasteiger partial charge in [0.1, 0.15) is 5.01 Å². The number of alkyl halides is 1. The van der Waals surface area contributed by atoms with Gasteiger partial charge in [-0.05, 0) is 0 Å². The lowest BCUT2D eigenvalue weighted by molar-refractivity contribution is -0.0598. The molecular weight excluding hydrogens is 264 g/mol. The molecule has 0 spiro atoms. The Bertz CT molecular complexity index is 396. The molecule has 0 saturated carbocycles. The summed E-state index contributed by atoms with van der Waals surface area (Å²) < 4.78 is 0. The number of aromatic nitrogens is 2. The average molecular weight is 279 g/mol. The third kappa shape index (κ3) is 3.52. The van der Waals surface area contributed by atoms with Crippen molar-refractivity contribution in [2.75, 3.05) is 25.4 Å². The maximum atomic E-state index is 11.5. The van der Waals surface area contributed by atoms with E-state index in [2.05, 4.69) is 15.5 Å². The molecule has 6 nitrogen and oxygen atoms in total. The summed E-state index contributed by atoms with van der Waals surface area (Å²) >= 11 is 7.14. The third-order valence-electron chi connectivity index (χ3n) is 2.11. The molecule has 96 valence electrons. The molecule has 1 N–H and O–H groups in total. The van der Waals surface area contributed by atoms with Crippen LogP contribution in [0.1, 0.15) is 18.9 Å². The van der Waals surface area contributed by atoms with E-state index in [-0.39, 0.29) is 5.41 Å². The molecule has 0 aliphatic carbocycles. The van der Waals surface area contributed by atoms with Gasteiger partial charge in [0.2, 0.25) is 5.13 Å². The second kappa shape index (κ2) is 5.61. The van der Waals surface area contributed by atoms with Crippen LogP contribution in [0.3, 0.4) is 0 Å². The Kier molecular flexibility index (Phi) is 4.67. The molecule has 0 saturated heterocycles. The first-order valence-electron chi connectivity index (χ1n) is 4.89. The lowest BCUT2D eigenvalue weighted by atomic mass is 9.98. The molecule has 0 atom stereocenters. The van der Waals surface area contributed by atoms with Crippen molar-refractivity contribution in [1.29, 1.82) is 0 Å². The van der Waals surface area contributed by atoms with Gasteiger partial charge in [-0.15, -0.1) is 21.8 Å². The predicted octanol–water partition coefficient (Wildman–Crippen LogP) is 2.08. The van der Waals surface area contributed by atoms with Gasteiger partial charge < -0.3 is 0 Å². The van der Waals surface area contributed by atoms with Crippen LogP contribution in [0.25, 0.3) is 0 Å². The Labute approximate surface area is 109 Å². The number of hydroxylamine groups is 2. The Morgan fingerprint density at radius 3 is 2.76 bits per heavy atom. The zero-order valence-corrected chi connectivity index (χ0v) is 11.7. The summed E-state index contributed by atoms with van der Waals surface area (Å²) in [5.74, 6) is 0.438. The van der Waals surface area contributed by atoms with E-state index in [4.69, 9.17) is 16.4 Å². The normalized spacial score (nSPS) is 11.4. The van der Waals surface area contributed by atoms with Crippen LogP contribution in [0, 0.1) is 0 Å². The number of nitrogens with one attached hydrogen (secondary N) is 1. The van der Waals surface area contributed by atoms with E-state index in [1.807, 2.05) is 13.8 Å². The molecule has 8 heteroatoms. The average Bonchev–Trinajstić information content (AvgIpc) is 2.77. The van der Waals surface area contributed by atoms with Gasteiger partial charge in [0.25, 0.3) is 0 Å². The predicted molar refractivity (Wildman–Crippen MR) is 67.4 cm³/mol. The van der Waals surface area contributed by atoms with Gasteiger partial charge in [0.15, 0.2) is 0 Å². The molecule has 0 aromatic carbocycles. The maximum absolute atomic E-state index is 11.5. The Hall–Kier alpha value is -0.920. The third-order valence-corrected chi connectivity index (χ3v) is 3.98. The summed E-state index contributed by atoms with van der Waals surface area (Å²) in [6, 6.07) is -0.404. The minimum Gasteiger partial charge on any atom is -0.280 e. The number of halogens is 1. The van der Waals surface area contributed by atoms with Crippen molar-refractivity contribution < 1.29 is 9.63 Å². The highest BCUT2D eigenvalue weighted by atomic mass is 35.5. The molecule has 2 amide bonds. The maximum Gasteiger partial charge on any atom is 0.347 e. The van der Waals surface area contributed by atoms with Crippen LogP contribution in [0.4, 0.5) is 9.93 Å². The fraction of sp³-hybridized carbons (Fsp3) is 0.667. The van der Waals surface area contributed by atoms with Crippen molar-refractivity contribution in [3.05, 3.63) is 5.01 Å². The van der Waals surface area contributed by atoms with Crippen LogP contribution < -0.4 is 5.32 Å². The van der Waals surface area contributed by atoms with Gasteiger partial charge >= 0.3 is 6.03 Å². The number of anilines is 1. The summed E-state index contributed by atoms with van der Waals surface area (Å²) in [4.78, 5) is 16.2. The standard InChI is InChI=1S/C9H15ClN4O2S/c1-9(2,5-10)6-12-13-7(17-6)11-8(15)14(3)16-4/h5H2,1-4H3,(H,11,13,15). The van der Waals surface area contributed by atoms with E-state index in [1.54, 1.807) is 0 Å². The molecule has 1 aromatic rings. The van der Waals surface area contributed by atoms with Gasteiger partial charge in [0, 0.05) is 18.3 Å². The van der Waals surface area contributed by atoms with Crippen molar-refractivity contribution in [1.82, 2.24) is 15.3 Å². The van der Waals surface area contributed by atoms with Gasteiger partial charge in [0.05, 0.1) is 7.11 Å². The summed E-state index contributed by atoms with van der Waals surface area (Å²) in [7, 11) is 2.90. The monoisotopic (exact) mass is 278 g/mol. The number of rotatable bonds is 4. The molecule has 1 heterocycles. The second-order valence-corrected chi connectivity index (χ2v) is 5.28. The lowest BCUT2D eigenvalue weighted by Crippen LogP contribution is -2.30. The number of hydrogen-bond donors (Lipinski definition) is 1. The van der Waals surface area contributed by atoms with E-state index in [0.717, 1.165) is 10.1 Å². The molecule has 1 aromatic heterocycles. The van der Waals surface area contributed by atoms with E-state index in [0.29, 0.717) is 11.0 Å². The number of nitrogens with zero attached hydrogens (tertiary/aromatic N) is 3. The second-order valence-electron chi connectivity index (χ2n) is 4.04. The fourth-order valence-corrected chi connectivity index (χ4v) is 1.90. The van der Waals surface area contributed by atoms with Crippen LogP contribution in [0.2, 0.25) is 0 Å². The van der Waals surface area contributed by atoms with E-state index < -0.39 is 6.03 Å². The van der Waals surface area contributed by atoms with Gasteiger partial charge in [-0.2, -0.15) is 0 Å². The summed E-state index contributed by atoms with van der Waals surface area (Å²) in [6.45, 7) is 3.93. The van der Waals surface area contributed by atoms with E-state index in [1.165, 1.54) is 25.5 Å². The SMILES string of the molecule is CON(C)C(=O)Nc1nnc(C(C)(C)CCl)s1. The van der Waals surface area contributed by atoms with Gasteiger partial charge in [-0.3, -0.25) is 10.2 Å². The molecular formula is C9H15ClN4O2S.